The van der Waals surface area contributed by atoms with Gasteiger partial charge in [0.15, 0.2) is 0 Å². The molecule has 0 spiro atoms. The highest BCUT2D eigenvalue weighted by molar-refractivity contribution is 7.99. The summed E-state index contributed by atoms with van der Waals surface area (Å²) in [6.45, 7) is 0.663. The van der Waals surface area contributed by atoms with Crippen molar-refractivity contribution < 1.29 is 5.11 Å². The number of nitrogens with one attached hydrogen (secondary N) is 2. The molecule has 3 aromatic carbocycles. The maximum atomic E-state index is 12.5. The fourth-order valence-corrected chi connectivity index (χ4v) is 4.53. The summed E-state index contributed by atoms with van der Waals surface area (Å²) in [5, 5.41) is 15.7. The van der Waals surface area contributed by atoms with E-state index in [0.717, 1.165) is 16.1 Å². The molecular weight excluding hydrogens is 463 g/mol. The molecule has 4 nitrogen and oxygen atoms in total. The van der Waals surface area contributed by atoms with Crippen molar-refractivity contribution >= 4 is 63.2 Å². The Kier molecular flexibility index (Phi) is 6.16. The molecule has 4 rings (SSSR count). The van der Waals surface area contributed by atoms with Crippen LogP contribution in [0.2, 0.25) is 15.1 Å². The smallest absolute Gasteiger partial charge is 0.266 e. The van der Waals surface area contributed by atoms with E-state index in [9.17, 15) is 9.90 Å². The number of aromatic amines is 1. The summed E-state index contributed by atoms with van der Waals surface area (Å²) in [4.78, 5) is 16.2. The van der Waals surface area contributed by atoms with Gasteiger partial charge in [0.1, 0.15) is 10.6 Å². The summed E-state index contributed by atoms with van der Waals surface area (Å²) < 4.78 is 0. The summed E-state index contributed by atoms with van der Waals surface area (Å²) in [6, 6.07) is 18.3. The van der Waals surface area contributed by atoms with Crippen LogP contribution in [0.4, 0.5) is 5.69 Å². The normalized spacial score (nSPS) is 11.0. The maximum absolute atomic E-state index is 12.5. The van der Waals surface area contributed by atoms with Gasteiger partial charge in [-0.1, -0.05) is 58.7 Å². The molecule has 0 aliphatic heterocycles. The van der Waals surface area contributed by atoms with Gasteiger partial charge in [-0.25, -0.2) is 0 Å². The molecule has 3 N–H and O–H groups in total. The molecule has 1 heterocycles. The minimum atomic E-state index is -0.409. The zero-order valence-corrected chi connectivity index (χ0v) is 18.5. The number of hydrogen-bond donors (Lipinski definition) is 3. The second-order valence-corrected chi connectivity index (χ2v) is 8.91. The molecule has 0 amide bonds. The van der Waals surface area contributed by atoms with E-state index < -0.39 is 5.56 Å². The number of fused-ring (bicyclic) bond motifs is 1. The van der Waals surface area contributed by atoms with Crippen molar-refractivity contribution in [1.29, 1.82) is 0 Å². The van der Waals surface area contributed by atoms with Gasteiger partial charge in [0.05, 0.1) is 15.9 Å². The summed E-state index contributed by atoms with van der Waals surface area (Å²) in [5.74, 6) is -0.162. The van der Waals surface area contributed by atoms with Crippen LogP contribution in [0.5, 0.6) is 5.75 Å². The summed E-state index contributed by atoms with van der Waals surface area (Å²) in [5.41, 5.74) is 2.03. The van der Waals surface area contributed by atoms with Crippen LogP contribution in [0, 0.1) is 0 Å². The molecule has 0 unspecified atom stereocenters. The Morgan fingerprint density at radius 3 is 2.33 bits per heavy atom. The van der Waals surface area contributed by atoms with Crippen molar-refractivity contribution in [2.45, 2.75) is 16.3 Å². The first kappa shape index (κ1) is 20.9. The minimum Gasteiger partial charge on any atom is -0.506 e. The van der Waals surface area contributed by atoms with Gasteiger partial charge in [0.2, 0.25) is 0 Å². The van der Waals surface area contributed by atoms with Gasteiger partial charge in [-0.05, 0) is 54.1 Å². The quantitative estimate of drug-likeness (QED) is 0.291. The van der Waals surface area contributed by atoms with E-state index >= 15 is 0 Å². The van der Waals surface area contributed by atoms with E-state index in [0.29, 0.717) is 27.5 Å². The van der Waals surface area contributed by atoms with Crippen molar-refractivity contribution in [2.24, 2.45) is 0 Å². The van der Waals surface area contributed by atoms with Gasteiger partial charge < -0.3 is 15.4 Å². The van der Waals surface area contributed by atoms with Crippen LogP contribution in [-0.2, 0) is 6.54 Å². The van der Waals surface area contributed by atoms with Crippen molar-refractivity contribution in [3.8, 4) is 5.75 Å². The Morgan fingerprint density at radius 1 is 0.933 bits per heavy atom. The highest BCUT2D eigenvalue weighted by Gasteiger charge is 2.16. The molecule has 0 saturated heterocycles. The monoisotopic (exact) mass is 476 g/mol. The Morgan fingerprint density at radius 2 is 1.63 bits per heavy atom. The first-order chi connectivity index (χ1) is 14.4. The van der Waals surface area contributed by atoms with Gasteiger partial charge in [-0.2, -0.15) is 0 Å². The lowest BCUT2D eigenvalue weighted by Gasteiger charge is -2.10. The molecule has 0 aliphatic rings. The molecule has 0 aliphatic carbocycles. The molecule has 1 aromatic heterocycles. The first-order valence-corrected chi connectivity index (χ1v) is 10.9. The standard InChI is InChI=1S/C22H15Cl3N2O2S/c23-13-3-1-12(2-4-13)11-26-15-5-7-16(8-6-15)30-21-20(28)19-17(25)9-14(24)10-18(19)27-22(21)29/h1-10,26H,11H2,(H2,27,28,29). The fraction of sp³-hybridized carbons (Fsp3) is 0.0455. The predicted octanol–water partition coefficient (Wildman–Crippen LogP) is 6.96. The fourth-order valence-electron chi connectivity index (χ4n) is 2.97. The number of rotatable bonds is 5. The molecule has 8 heteroatoms. The number of H-pyrrole nitrogens is 1. The first-order valence-electron chi connectivity index (χ1n) is 8.91. The van der Waals surface area contributed by atoms with Crippen LogP contribution in [0.15, 0.2) is 75.2 Å². The number of hydrogen-bond acceptors (Lipinski definition) is 4. The summed E-state index contributed by atoms with van der Waals surface area (Å²) in [7, 11) is 0. The van der Waals surface area contributed by atoms with Gasteiger partial charge in [-0.15, -0.1) is 0 Å². The molecule has 0 radical (unpaired) electrons. The maximum Gasteiger partial charge on any atom is 0.266 e. The highest BCUT2D eigenvalue weighted by Crippen LogP contribution is 2.39. The van der Waals surface area contributed by atoms with E-state index in [2.05, 4.69) is 10.3 Å². The Balaban J connectivity index is 1.54. The molecule has 4 aromatic rings. The lowest BCUT2D eigenvalue weighted by Crippen LogP contribution is -2.08. The van der Waals surface area contributed by atoms with Crippen LogP contribution in [0.25, 0.3) is 10.9 Å². The summed E-state index contributed by atoms with van der Waals surface area (Å²) in [6.07, 6.45) is 0. The van der Waals surface area contributed by atoms with Crippen molar-refractivity contribution in [3.05, 3.63) is 91.6 Å². The third-order valence-electron chi connectivity index (χ3n) is 4.45. The molecule has 30 heavy (non-hydrogen) atoms. The second kappa shape index (κ2) is 8.82. The van der Waals surface area contributed by atoms with Crippen molar-refractivity contribution in [3.63, 3.8) is 0 Å². The highest BCUT2D eigenvalue weighted by atomic mass is 35.5. The number of aromatic nitrogens is 1. The van der Waals surface area contributed by atoms with E-state index in [1.807, 2.05) is 48.5 Å². The molecule has 0 bridgehead atoms. The van der Waals surface area contributed by atoms with Gasteiger partial charge >= 0.3 is 0 Å². The minimum absolute atomic E-state index is 0.162. The number of halogens is 3. The number of anilines is 1. The van der Waals surface area contributed by atoms with E-state index in [1.165, 1.54) is 17.8 Å². The molecule has 152 valence electrons. The van der Waals surface area contributed by atoms with Crippen LogP contribution in [-0.4, -0.2) is 10.1 Å². The van der Waals surface area contributed by atoms with E-state index in [1.54, 1.807) is 6.07 Å². The topological polar surface area (TPSA) is 65.1 Å². The van der Waals surface area contributed by atoms with Gasteiger partial charge in [0.25, 0.3) is 5.56 Å². The van der Waals surface area contributed by atoms with Crippen molar-refractivity contribution in [2.75, 3.05) is 5.32 Å². The van der Waals surface area contributed by atoms with Gasteiger partial charge in [0, 0.05) is 27.2 Å². The SMILES string of the molecule is O=c1[nH]c2cc(Cl)cc(Cl)c2c(O)c1Sc1ccc(NCc2ccc(Cl)cc2)cc1. The number of pyridine rings is 1. The number of aromatic hydroxyl groups is 1. The third kappa shape index (κ3) is 4.55. The Labute approximate surface area is 191 Å². The number of benzene rings is 3. The zero-order chi connectivity index (χ0) is 21.3. The molecule has 0 atom stereocenters. The Hall–Kier alpha value is -2.31. The zero-order valence-electron chi connectivity index (χ0n) is 15.4. The molecule has 0 fully saturated rings. The van der Waals surface area contributed by atoms with Crippen LogP contribution < -0.4 is 10.9 Å². The molecular formula is C22H15Cl3N2O2S. The van der Waals surface area contributed by atoms with E-state index in [4.69, 9.17) is 34.8 Å². The average molecular weight is 478 g/mol. The van der Waals surface area contributed by atoms with Gasteiger partial charge in [-0.3, -0.25) is 4.79 Å². The Bertz CT molecular complexity index is 1270. The second-order valence-electron chi connectivity index (χ2n) is 6.55. The predicted molar refractivity (Wildman–Crippen MR) is 126 cm³/mol. The largest absolute Gasteiger partial charge is 0.506 e. The van der Waals surface area contributed by atoms with Crippen LogP contribution in [0.1, 0.15) is 5.56 Å². The van der Waals surface area contributed by atoms with Crippen LogP contribution >= 0.6 is 46.6 Å². The van der Waals surface area contributed by atoms with Crippen molar-refractivity contribution in [1.82, 2.24) is 4.98 Å². The van der Waals surface area contributed by atoms with E-state index in [-0.39, 0.29) is 15.7 Å². The average Bonchev–Trinajstić information content (AvgIpc) is 2.71. The lowest BCUT2D eigenvalue weighted by atomic mass is 10.2. The third-order valence-corrected chi connectivity index (χ3v) is 6.30. The summed E-state index contributed by atoms with van der Waals surface area (Å²) >= 11 is 19.3. The molecule has 0 saturated carbocycles. The van der Waals surface area contributed by atoms with Crippen LogP contribution in [0.3, 0.4) is 0 Å². The lowest BCUT2D eigenvalue weighted by molar-refractivity contribution is 0.467.